The first-order valence-corrected chi connectivity index (χ1v) is 10.1. The van der Waals surface area contributed by atoms with Crippen LogP contribution in [0.15, 0.2) is 57.5 Å². The van der Waals surface area contributed by atoms with Crippen LogP contribution < -0.4 is 5.32 Å². The van der Waals surface area contributed by atoms with Crippen molar-refractivity contribution < 1.29 is 9.32 Å². The highest BCUT2D eigenvalue weighted by Gasteiger charge is 2.32. The molecule has 1 aromatic heterocycles. The zero-order chi connectivity index (χ0) is 19.5. The lowest BCUT2D eigenvalue weighted by atomic mass is 10.0. The van der Waals surface area contributed by atoms with Gasteiger partial charge in [0.1, 0.15) is 6.04 Å². The molecule has 1 N–H and O–H groups in total. The molecule has 0 aliphatic carbocycles. The lowest BCUT2D eigenvalue weighted by molar-refractivity contribution is 0.142. The van der Waals surface area contributed by atoms with Crippen LogP contribution in [0.4, 0.5) is 10.5 Å². The van der Waals surface area contributed by atoms with Crippen molar-refractivity contribution in [3.05, 3.63) is 64.5 Å². The van der Waals surface area contributed by atoms with Crippen molar-refractivity contribution in [1.29, 1.82) is 0 Å². The normalized spacial score (nSPS) is 16.8. The molecule has 1 atom stereocenters. The Balaban J connectivity index is 1.53. The molecular formula is C21H21BrN4O2. The molecule has 1 aliphatic heterocycles. The predicted octanol–water partition coefficient (Wildman–Crippen LogP) is 5.57. The summed E-state index contributed by atoms with van der Waals surface area (Å²) in [5.41, 5.74) is 2.83. The van der Waals surface area contributed by atoms with E-state index in [2.05, 4.69) is 31.4 Å². The number of nitrogens with one attached hydrogen (secondary N) is 1. The standard InChI is InChI=1S/C21H21BrN4O2/c1-14-5-7-15(8-6-14)19-24-20(28-25-19)18-4-2-3-13-26(18)21(27)23-17-11-9-16(22)10-12-17/h5-12,18H,2-4,13H2,1H3,(H,23,27). The quantitative estimate of drug-likeness (QED) is 0.577. The molecule has 144 valence electrons. The molecule has 1 unspecified atom stereocenters. The van der Waals surface area contributed by atoms with E-state index in [0.717, 1.165) is 35.0 Å². The van der Waals surface area contributed by atoms with Gasteiger partial charge in [-0.2, -0.15) is 4.98 Å². The number of hydrogen-bond acceptors (Lipinski definition) is 4. The second-order valence-corrected chi connectivity index (χ2v) is 7.88. The molecule has 0 spiro atoms. The number of urea groups is 1. The van der Waals surface area contributed by atoms with E-state index in [9.17, 15) is 4.79 Å². The smallest absolute Gasteiger partial charge is 0.322 e. The minimum atomic E-state index is -0.212. The Morgan fingerprint density at radius 1 is 1.14 bits per heavy atom. The van der Waals surface area contributed by atoms with Crippen LogP contribution in [0.1, 0.15) is 36.8 Å². The monoisotopic (exact) mass is 440 g/mol. The summed E-state index contributed by atoms with van der Waals surface area (Å²) in [4.78, 5) is 19.2. The van der Waals surface area contributed by atoms with E-state index in [1.54, 1.807) is 4.90 Å². The van der Waals surface area contributed by atoms with E-state index >= 15 is 0 Å². The van der Waals surface area contributed by atoms with Gasteiger partial charge in [0, 0.05) is 22.3 Å². The van der Waals surface area contributed by atoms with Crippen molar-refractivity contribution >= 4 is 27.6 Å². The van der Waals surface area contributed by atoms with Crippen LogP contribution in [0.5, 0.6) is 0 Å². The van der Waals surface area contributed by atoms with Gasteiger partial charge in [0.05, 0.1) is 0 Å². The Bertz CT molecular complexity index is 953. The molecule has 4 rings (SSSR count). The topological polar surface area (TPSA) is 71.3 Å². The zero-order valence-electron chi connectivity index (χ0n) is 15.6. The second kappa shape index (κ2) is 8.14. The molecule has 3 aromatic rings. The number of hydrogen-bond donors (Lipinski definition) is 1. The van der Waals surface area contributed by atoms with Crippen molar-refractivity contribution in [3.63, 3.8) is 0 Å². The van der Waals surface area contributed by atoms with Gasteiger partial charge in [0.25, 0.3) is 0 Å². The van der Waals surface area contributed by atoms with Gasteiger partial charge in [-0.15, -0.1) is 0 Å². The van der Waals surface area contributed by atoms with E-state index < -0.39 is 0 Å². The second-order valence-electron chi connectivity index (χ2n) is 6.96. The zero-order valence-corrected chi connectivity index (χ0v) is 17.1. The minimum absolute atomic E-state index is 0.151. The van der Waals surface area contributed by atoms with Gasteiger partial charge in [0.15, 0.2) is 0 Å². The van der Waals surface area contributed by atoms with Crippen LogP contribution in [0.2, 0.25) is 0 Å². The largest absolute Gasteiger partial charge is 0.337 e. The number of nitrogens with zero attached hydrogens (tertiary/aromatic N) is 3. The Labute approximate surface area is 172 Å². The van der Waals surface area contributed by atoms with Crippen LogP contribution in [0.25, 0.3) is 11.4 Å². The SMILES string of the molecule is Cc1ccc(-c2noc(C3CCCCN3C(=O)Nc3ccc(Br)cc3)n2)cc1. The maximum atomic E-state index is 12.9. The molecule has 1 saturated heterocycles. The minimum Gasteiger partial charge on any atom is -0.337 e. The van der Waals surface area contributed by atoms with E-state index in [1.165, 1.54) is 5.56 Å². The molecule has 1 aliphatic rings. The third-order valence-corrected chi connectivity index (χ3v) is 5.42. The van der Waals surface area contributed by atoms with Crippen molar-refractivity contribution in [2.75, 3.05) is 11.9 Å². The third-order valence-electron chi connectivity index (χ3n) is 4.90. The van der Waals surface area contributed by atoms with Crippen molar-refractivity contribution in [1.82, 2.24) is 15.0 Å². The van der Waals surface area contributed by atoms with Crippen LogP contribution >= 0.6 is 15.9 Å². The number of halogens is 1. The number of amides is 2. The fourth-order valence-electron chi connectivity index (χ4n) is 3.35. The Morgan fingerprint density at radius 3 is 2.64 bits per heavy atom. The van der Waals surface area contributed by atoms with Crippen LogP contribution in [0.3, 0.4) is 0 Å². The first kappa shape index (κ1) is 18.7. The van der Waals surface area contributed by atoms with E-state index in [0.29, 0.717) is 18.3 Å². The highest BCUT2D eigenvalue weighted by molar-refractivity contribution is 9.10. The van der Waals surface area contributed by atoms with Crippen LogP contribution in [-0.4, -0.2) is 27.6 Å². The summed E-state index contributed by atoms with van der Waals surface area (Å²) in [6, 6.07) is 15.1. The highest BCUT2D eigenvalue weighted by atomic mass is 79.9. The van der Waals surface area contributed by atoms with Gasteiger partial charge in [-0.1, -0.05) is 50.9 Å². The number of piperidine rings is 1. The molecular weight excluding hydrogens is 420 g/mol. The van der Waals surface area contributed by atoms with Crippen molar-refractivity contribution in [3.8, 4) is 11.4 Å². The summed E-state index contributed by atoms with van der Waals surface area (Å²) in [5.74, 6) is 1.04. The number of rotatable bonds is 3. The van der Waals surface area contributed by atoms with Gasteiger partial charge in [-0.25, -0.2) is 4.79 Å². The highest BCUT2D eigenvalue weighted by Crippen LogP contribution is 2.31. The lowest BCUT2D eigenvalue weighted by Crippen LogP contribution is -2.41. The third kappa shape index (κ3) is 4.09. The average molecular weight is 441 g/mol. The molecule has 2 amide bonds. The van der Waals surface area contributed by atoms with E-state index in [1.807, 2.05) is 55.5 Å². The fraction of sp³-hybridized carbons (Fsp3) is 0.286. The Kier molecular flexibility index (Phi) is 5.43. The molecule has 6 nitrogen and oxygen atoms in total. The summed E-state index contributed by atoms with van der Waals surface area (Å²) in [7, 11) is 0. The van der Waals surface area contributed by atoms with Gasteiger partial charge >= 0.3 is 6.03 Å². The molecule has 1 fully saturated rings. The first-order chi connectivity index (χ1) is 13.6. The number of aryl methyl sites for hydroxylation is 1. The van der Waals surface area contributed by atoms with Crippen LogP contribution in [0, 0.1) is 6.92 Å². The van der Waals surface area contributed by atoms with Crippen molar-refractivity contribution in [2.24, 2.45) is 0 Å². The molecule has 0 saturated carbocycles. The summed E-state index contributed by atoms with van der Waals surface area (Å²) < 4.78 is 6.51. The number of carbonyl (C=O) groups excluding carboxylic acids is 1. The summed E-state index contributed by atoms with van der Waals surface area (Å²) in [6.07, 6.45) is 2.79. The molecule has 7 heteroatoms. The molecule has 0 radical (unpaired) electrons. The van der Waals surface area contributed by atoms with Crippen molar-refractivity contribution in [2.45, 2.75) is 32.2 Å². The lowest BCUT2D eigenvalue weighted by Gasteiger charge is -2.33. The van der Waals surface area contributed by atoms with E-state index in [4.69, 9.17) is 4.52 Å². The number of benzene rings is 2. The van der Waals surface area contributed by atoms with Gasteiger partial charge in [-0.3, -0.25) is 0 Å². The molecule has 0 bridgehead atoms. The molecule has 2 heterocycles. The fourth-order valence-corrected chi connectivity index (χ4v) is 3.61. The number of aromatic nitrogens is 2. The van der Waals surface area contributed by atoms with Crippen LogP contribution in [-0.2, 0) is 0 Å². The number of carbonyl (C=O) groups is 1. The molecule has 2 aromatic carbocycles. The maximum Gasteiger partial charge on any atom is 0.322 e. The van der Waals surface area contributed by atoms with Gasteiger partial charge < -0.3 is 14.7 Å². The first-order valence-electron chi connectivity index (χ1n) is 9.34. The number of anilines is 1. The van der Waals surface area contributed by atoms with Gasteiger partial charge in [0.2, 0.25) is 11.7 Å². The van der Waals surface area contributed by atoms with E-state index in [-0.39, 0.29) is 12.1 Å². The predicted molar refractivity (Wildman–Crippen MR) is 111 cm³/mol. The molecule has 28 heavy (non-hydrogen) atoms. The summed E-state index contributed by atoms with van der Waals surface area (Å²) in [6.45, 7) is 2.70. The summed E-state index contributed by atoms with van der Waals surface area (Å²) >= 11 is 3.40. The Hall–Kier alpha value is -2.67. The average Bonchev–Trinajstić information content (AvgIpc) is 3.20. The summed E-state index contributed by atoms with van der Waals surface area (Å²) in [5, 5.41) is 7.09. The van der Waals surface area contributed by atoms with Gasteiger partial charge in [-0.05, 0) is 50.5 Å². The maximum absolute atomic E-state index is 12.9. The Morgan fingerprint density at radius 2 is 1.89 bits per heavy atom. The number of likely N-dealkylation sites (tertiary alicyclic amines) is 1.